The van der Waals surface area contributed by atoms with Gasteiger partial charge in [-0.1, -0.05) is 194 Å². The van der Waals surface area contributed by atoms with Crippen molar-refractivity contribution in [1.82, 2.24) is 0 Å². The minimum atomic E-state index is 1.09. The molecule has 0 aliphatic carbocycles. The van der Waals surface area contributed by atoms with E-state index in [1.165, 1.54) is 66.4 Å². The molecule has 1 nitrogen and oxygen atoms in total. The maximum absolute atomic E-state index is 2.43. The first-order valence-corrected chi connectivity index (χ1v) is 18.2. The number of rotatable bonds is 8. The predicted molar refractivity (Wildman–Crippen MR) is 226 cm³/mol. The van der Waals surface area contributed by atoms with Crippen molar-refractivity contribution in [3.8, 4) is 55.6 Å². The van der Waals surface area contributed by atoms with Gasteiger partial charge in [0.2, 0.25) is 0 Å². The summed E-state index contributed by atoms with van der Waals surface area (Å²) < 4.78 is 0. The molecule has 53 heavy (non-hydrogen) atoms. The SMILES string of the molecule is c1ccc(-c2ccccc2-c2ccccc2N(c2ccc(-c3cccc(-c4cccc5ccccc45)c3)cc2)c2ccccc2-c2ccccc2)cc1. The van der Waals surface area contributed by atoms with Crippen LogP contribution in [0.25, 0.3) is 66.4 Å². The first-order valence-electron chi connectivity index (χ1n) is 18.2. The largest absolute Gasteiger partial charge is 0.309 e. The molecule has 0 fully saturated rings. The van der Waals surface area contributed by atoms with E-state index in [9.17, 15) is 0 Å². The summed E-state index contributed by atoms with van der Waals surface area (Å²) in [7, 11) is 0. The van der Waals surface area contributed by atoms with Gasteiger partial charge in [-0.05, 0) is 85.6 Å². The molecule has 0 aromatic heterocycles. The Bertz CT molecular complexity index is 2650. The second-order valence-corrected chi connectivity index (χ2v) is 13.3. The normalized spacial score (nSPS) is 11.0. The number of para-hydroxylation sites is 2. The van der Waals surface area contributed by atoms with Crippen LogP contribution in [0.5, 0.6) is 0 Å². The minimum Gasteiger partial charge on any atom is -0.309 e. The quantitative estimate of drug-likeness (QED) is 0.155. The van der Waals surface area contributed by atoms with Crippen LogP contribution in [0.2, 0.25) is 0 Å². The van der Waals surface area contributed by atoms with Crippen molar-refractivity contribution in [1.29, 1.82) is 0 Å². The molecule has 0 aliphatic rings. The Morgan fingerprint density at radius 3 is 1.45 bits per heavy atom. The Morgan fingerprint density at radius 1 is 0.245 bits per heavy atom. The minimum absolute atomic E-state index is 1.09. The summed E-state index contributed by atoms with van der Waals surface area (Å²) in [5.41, 5.74) is 15.3. The third-order valence-corrected chi connectivity index (χ3v) is 10.1. The van der Waals surface area contributed by atoms with Crippen molar-refractivity contribution in [2.75, 3.05) is 4.90 Å². The summed E-state index contributed by atoms with van der Waals surface area (Å²) in [5, 5.41) is 2.52. The first kappa shape index (κ1) is 32.0. The highest BCUT2D eigenvalue weighted by Crippen LogP contribution is 2.46. The summed E-state index contributed by atoms with van der Waals surface area (Å²) in [6.45, 7) is 0. The van der Waals surface area contributed by atoms with Crippen LogP contribution in [-0.2, 0) is 0 Å². The standard InChI is InChI=1S/C52H37N/c1-3-17-39(18-4-1)46-26-9-10-28-49(46)50-29-12-14-32-52(50)53(51-31-13-11-27-48(51)41-19-5-2-6-20-41)44-35-33-38(34-36-44)42-23-15-24-43(37-42)47-30-16-22-40-21-7-8-25-45(40)47/h1-37H. The van der Waals surface area contributed by atoms with Crippen molar-refractivity contribution in [3.05, 3.63) is 224 Å². The van der Waals surface area contributed by atoms with E-state index in [-0.39, 0.29) is 0 Å². The lowest BCUT2D eigenvalue weighted by Gasteiger charge is -2.30. The highest BCUT2D eigenvalue weighted by Gasteiger charge is 2.21. The monoisotopic (exact) mass is 675 g/mol. The van der Waals surface area contributed by atoms with Crippen molar-refractivity contribution in [3.63, 3.8) is 0 Å². The fourth-order valence-electron chi connectivity index (χ4n) is 7.57. The average molecular weight is 676 g/mol. The van der Waals surface area contributed by atoms with Gasteiger partial charge in [-0.2, -0.15) is 0 Å². The van der Waals surface area contributed by atoms with Gasteiger partial charge in [0, 0.05) is 16.8 Å². The molecule has 0 bridgehead atoms. The second-order valence-electron chi connectivity index (χ2n) is 13.3. The molecule has 0 N–H and O–H groups in total. The summed E-state index contributed by atoms with van der Waals surface area (Å²) in [5.74, 6) is 0. The smallest absolute Gasteiger partial charge is 0.0540 e. The number of hydrogen-bond acceptors (Lipinski definition) is 1. The Hall–Kier alpha value is -6.96. The molecule has 0 saturated heterocycles. The van der Waals surface area contributed by atoms with Crippen LogP contribution < -0.4 is 4.90 Å². The summed E-state index contributed by atoms with van der Waals surface area (Å²) >= 11 is 0. The summed E-state index contributed by atoms with van der Waals surface area (Å²) in [4.78, 5) is 2.43. The Balaban J connectivity index is 1.19. The number of nitrogens with zero attached hydrogens (tertiary/aromatic N) is 1. The molecule has 9 rings (SSSR count). The molecule has 0 spiro atoms. The number of anilines is 3. The Kier molecular flexibility index (Phi) is 8.66. The van der Waals surface area contributed by atoms with Gasteiger partial charge in [-0.25, -0.2) is 0 Å². The molecule has 9 aromatic rings. The Morgan fingerprint density at radius 2 is 0.717 bits per heavy atom. The van der Waals surface area contributed by atoms with E-state index in [1.807, 2.05) is 0 Å². The third-order valence-electron chi connectivity index (χ3n) is 10.1. The number of hydrogen-bond donors (Lipinski definition) is 0. The van der Waals surface area contributed by atoms with E-state index in [0.717, 1.165) is 17.1 Å². The van der Waals surface area contributed by atoms with Gasteiger partial charge in [-0.3, -0.25) is 0 Å². The summed E-state index contributed by atoms with van der Waals surface area (Å²) in [6, 6.07) is 80.8. The third kappa shape index (κ3) is 6.30. The van der Waals surface area contributed by atoms with E-state index in [4.69, 9.17) is 0 Å². The fourth-order valence-corrected chi connectivity index (χ4v) is 7.57. The lowest BCUT2D eigenvalue weighted by atomic mass is 9.92. The molecule has 1 heteroatoms. The lowest BCUT2D eigenvalue weighted by Crippen LogP contribution is -2.12. The molecule has 250 valence electrons. The molecule has 0 heterocycles. The average Bonchev–Trinajstić information content (AvgIpc) is 3.25. The molecule has 0 radical (unpaired) electrons. The van der Waals surface area contributed by atoms with E-state index in [2.05, 4.69) is 229 Å². The van der Waals surface area contributed by atoms with Crippen LogP contribution in [0.3, 0.4) is 0 Å². The van der Waals surface area contributed by atoms with Crippen LogP contribution in [0.1, 0.15) is 0 Å². The van der Waals surface area contributed by atoms with Gasteiger partial charge in [0.25, 0.3) is 0 Å². The number of benzene rings is 9. The van der Waals surface area contributed by atoms with Gasteiger partial charge in [0.05, 0.1) is 11.4 Å². The van der Waals surface area contributed by atoms with Crippen LogP contribution in [-0.4, -0.2) is 0 Å². The topological polar surface area (TPSA) is 3.24 Å². The highest BCUT2D eigenvalue weighted by molar-refractivity contribution is 5.98. The molecule has 0 saturated carbocycles. The molecule has 9 aromatic carbocycles. The van der Waals surface area contributed by atoms with Crippen molar-refractivity contribution in [2.24, 2.45) is 0 Å². The highest BCUT2D eigenvalue weighted by atomic mass is 15.1. The predicted octanol–water partition coefficient (Wildman–Crippen LogP) is 14.6. The fraction of sp³-hybridized carbons (Fsp3) is 0. The van der Waals surface area contributed by atoms with Gasteiger partial charge in [-0.15, -0.1) is 0 Å². The van der Waals surface area contributed by atoms with E-state index < -0.39 is 0 Å². The van der Waals surface area contributed by atoms with Crippen LogP contribution in [0, 0.1) is 0 Å². The molecule has 0 atom stereocenters. The zero-order valence-electron chi connectivity index (χ0n) is 29.3. The number of fused-ring (bicyclic) bond motifs is 1. The van der Waals surface area contributed by atoms with Crippen LogP contribution in [0.15, 0.2) is 224 Å². The van der Waals surface area contributed by atoms with Crippen molar-refractivity contribution >= 4 is 27.8 Å². The van der Waals surface area contributed by atoms with E-state index in [0.29, 0.717) is 0 Å². The molecular formula is C52H37N. The van der Waals surface area contributed by atoms with Crippen LogP contribution in [0.4, 0.5) is 17.1 Å². The molecular weight excluding hydrogens is 639 g/mol. The van der Waals surface area contributed by atoms with Crippen molar-refractivity contribution in [2.45, 2.75) is 0 Å². The van der Waals surface area contributed by atoms with Crippen LogP contribution >= 0.6 is 0 Å². The second kappa shape index (κ2) is 14.3. The molecule has 0 unspecified atom stereocenters. The van der Waals surface area contributed by atoms with Gasteiger partial charge >= 0.3 is 0 Å². The first-order chi connectivity index (χ1) is 26.3. The van der Waals surface area contributed by atoms with Crippen molar-refractivity contribution < 1.29 is 0 Å². The maximum Gasteiger partial charge on any atom is 0.0540 e. The van der Waals surface area contributed by atoms with Gasteiger partial charge < -0.3 is 4.90 Å². The summed E-state index contributed by atoms with van der Waals surface area (Å²) in [6.07, 6.45) is 0. The zero-order chi connectivity index (χ0) is 35.4. The lowest BCUT2D eigenvalue weighted by molar-refractivity contribution is 1.28. The molecule has 0 aliphatic heterocycles. The maximum atomic E-state index is 2.43. The Labute approximate surface area is 311 Å². The van der Waals surface area contributed by atoms with E-state index >= 15 is 0 Å². The van der Waals surface area contributed by atoms with Gasteiger partial charge in [0.15, 0.2) is 0 Å². The van der Waals surface area contributed by atoms with Gasteiger partial charge in [0.1, 0.15) is 0 Å². The van der Waals surface area contributed by atoms with E-state index in [1.54, 1.807) is 0 Å². The molecule has 0 amide bonds. The zero-order valence-corrected chi connectivity index (χ0v) is 29.3.